The number of hydrogen-bond donors (Lipinski definition) is 1. The maximum absolute atomic E-state index is 12.1. The van der Waals surface area contributed by atoms with Crippen LogP contribution in [-0.2, 0) is 4.79 Å². The summed E-state index contributed by atoms with van der Waals surface area (Å²) in [6.45, 7) is 6.95. The second-order valence-corrected chi connectivity index (χ2v) is 5.55. The van der Waals surface area contributed by atoms with Gasteiger partial charge in [0.2, 0.25) is 5.91 Å². The Morgan fingerprint density at radius 1 is 1.04 bits per heavy atom. The van der Waals surface area contributed by atoms with Gasteiger partial charge in [0.25, 0.3) is 0 Å². The molecule has 25 heavy (non-hydrogen) atoms. The lowest BCUT2D eigenvalue weighted by atomic mass is 10.1. The Bertz CT molecular complexity index is 710. The molecule has 1 amide bonds. The van der Waals surface area contributed by atoms with E-state index in [1.807, 2.05) is 69.3 Å². The van der Waals surface area contributed by atoms with Crippen LogP contribution < -0.4 is 14.8 Å². The van der Waals surface area contributed by atoms with Crippen LogP contribution in [0.3, 0.4) is 0 Å². The Morgan fingerprint density at radius 3 is 2.40 bits per heavy atom. The van der Waals surface area contributed by atoms with Gasteiger partial charge in [0.15, 0.2) is 11.5 Å². The summed E-state index contributed by atoms with van der Waals surface area (Å²) in [6, 6.07) is 15.3. The molecule has 0 spiro atoms. The smallest absolute Gasteiger partial charge is 0.244 e. The molecule has 0 aliphatic carbocycles. The lowest BCUT2D eigenvalue weighted by Crippen LogP contribution is -2.24. The molecular formula is C21H25NO3. The van der Waals surface area contributed by atoms with Crippen molar-refractivity contribution in [3.05, 3.63) is 65.7 Å². The Labute approximate surface area is 149 Å². The molecule has 4 nitrogen and oxygen atoms in total. The molecule has 2 rings (SSSR count). The molecular weight excluding hydrogens is 314 g/mol. The Kier molecular flexibility index (Phi) is 7.08. The molecule has 1 atom stereocenters. The van der Waals surface area contributed by atoms with Crippen LogP contribution in [0, 0.1) is 0 Å². The van der Waals surface area contributed by atoms with E-state index in [9.17, 15) is 4.79 Å². The van der Waals surface area contributed by atoms with E-state index in [1.165, 1.54) is 0 Å². The zero-order chi connectivity index (χ0) is 18.1. The van der Waals surface area contributed by atoms with Crippen LogP contribution in [0.1, 0.15) is 37.9 Å². The number of carbonyl (C=O) groups excluding carboxylic acids is 1. The van der Waals surface area contributed by atoms with Crippen LogP contribution in [-0.4, -0.2) is 19.1 Å². The fraction of sp³-hybridized carbons (Fsp3) is 0.286. The first-order chi connectivity index (χ1) is 12.1. The van der Waals surface area contributed by atoms with Crippen molar-refractivity contribution in [1.82, 2.24) is 5.32 Å². The number of carbonyl (C=O) groups is 1. The third-order valence-electron chi connectivity index (χ3n) is 3.65. The van der Waals surface area contributed by atoms with Crippen LogP contribution in [0.5, 0.6) is 11.5 Å². The fourth-order valence-corrected chi connectivity index (χ4v) is 2.42. The molecule has 0 fully saturated rings. The van der Waals surface area contributed by atoms with Gasteiger partial charge < -0.3 is 14.8 Å². The lowest BCUT2D eigenvalue weighted by molar-refractivity contribution is -0.117. The zero-order valence-corrected chi connectivity index (χ0v) is 15.0. The van der Waals surface area contributed by atoms with Crippen molar-refractivity contribution in [3.63, 3.8) is 0 Å². The summed E-state index contributed by atoms with van der Waals surface area (Å²) in [5.41, 5.74) is 1.96. The lowest BCUT2D eigenvalue weighted by Gasteiger charge is -2.17. The third kappa shape index (κ3) is 5.68. The first-order valence-corrected chi connectivity index (χ1v) is 8.57. The minimum Gasteiger partial charge on any atom is -0.490 e. The monoisotopic (exact) mass is 339 g/mol. The van der Waals surface area contributed by atoms with Gasteiger partial charge in [-0.25, -0.2) is 0 Å². The minimum absolute atomic E-state index is 0.136. The summed E-state index contributed by atoms with van der Waals surface area (Å²) in [5, 5.41) is 2.97. The van der Waals surface area contributed by atoms with Gasteiger partial charge in [-0.05, 0) is 50.1 Å². The highest BCUT2D eigenvalue weighted by Crippen LogP contribution is 2.30. The number of ether oxygens (including phenoxy) is 2. The van der Waals surface area contributed by atoms with Gasteiger partial charge in [0.05, 0.1) is 19.3 Å². The van der Waals surface area contributed by atoms with E-state index in [0.29, 0.717) is 19.0 Å². The van der Waals surface area contributed by atoms with E-state index in [1.54, 1.807) is 12.2 Å². The molecule has 1 N–H and O–H groups in total. The van der Waals surface area contributed by atoms with E-state index < -0.39 is 0 Å². The van der Waals surface area contributed by atoms with Gasteiger partial charge in [-0.2, -0.15) is 0 Å². The van der Waals surface area contributed by atoms with E-state index in [2.05, 4.69) is 5.32 Å². The maximum Gasteiger partial charge on any atom is 0.244 e. The van der Waals surface area contributed by atoms with Crippen molar-refractivity contribution < 1.29 is 14.3 Å². The standard InChI is InChI=1S/C21H25NO3/c1-4-24-19-13-12-18(15-20(19)25-5-2)16(3)22-21(23)14-11-17-9-7-6-8-10-17/h6-16H,4-5H2,1-3H3,(H,22,23)/b14-11+/t16-/m1/s1. The number of benzene rings is 2. The van der Waals surface area contributed by atoms with Crippen molar-refractivity contribution in [2.24, 2.45) is 0 Å². The average Bonchev–Trinajstić information content (AvgIpc) is 2.62. The van der Waals surface area contributed by atoms with Crippen molar-refractivity contribution >= 4 is 12.0 Å². The second-order valence-electron chi connectivity index (χ2n) is 5.55. The molecule has 0 bridgehead atoms. The highest BCUT2D eigenvalue weighted by Gasteiger charge is 2.12. The normalized spacial score (nSPS) is 12.0. The molecule has 0 heterocycles. The number of hydrogen-bond acceptors (Lipinski definition) is 3. The van der Waals surface area contributed by atoms with Crippen LogP contribution >= 0.6 is 0 Å². The molecule has 2 aromatic rings. The van der Waals surface area contributed by atoms with E-state index >= 15 is 0 Å². The summed E-state index contributed by atoms with van der Waals surface area (Å²) in [7, 11) is 0. The van der Waals surface area contributed by atoms with E-state index in [4.69, 9.17) is 9.47 Å². The highest BCUT2D eigenvalue weighted by molar-refractivity contribution is 5.91. The first-order valence-electron chi connectivity index (χ1n) is 8.57. The van der Waals surface area contributed by atoms with Gasteiger partial charge >= 0.3 is 0 Å². The third-order valence-corrected chi connectivity index (χ3v) is 3.65. The van der Waals surface area contributed by atoms with Crippen molar-refractivity contribution in [2.45, 2.75) is 26.8 Å². The summed E-state index contributed by atoms with van der Waals surface area (Å²) < 4.78 is 11.2. The molecule has 0 unspecified atom stereocenters. The Hall–Kier alpha value is -2.75. The summed E-state index contributed by atoms with van der Waals surface area (Å²) >= 11 is 0. The highest BCUT2D eigenvalue weighted by atomic mass is 16.5. The predicted molar refractivity (Wildman–Crippen MR) is 101 cm³/mol. The molecule has 0 saturated carbocycles. The SMILES string of the molecule is CCOc1ccc([C@@H](C)NC(=O)/C=C/c2ccccc2)cc1OCC. The van der Waals surface area contributed by atoms with Crippen LogP contribution in [0.2, 0.25) is 0 Å². The molecule has 0 aromatic heterocycles. The molecule has 0 radical (unpaired) electrons. The van der Waals surface area contributed by atoms with Gasteiger partial charge in [0.1, 0.15) is 0 Å². The largest absolute Gasteiger partial charge is 0.490 e. The topological polar surface area (TPSA) is 47.6 Å². The van der Waals surface area contributed by atoms with E-state index in [-0.39, 0.29) is 11.9 Å². The summed E-state index contributed by atoms with van der Waals surface area (Å²) in [4.78, 5) is 12.1. The second kappa shape index (κ2) is 9.52. The number of amides is 1. The van der Waals surface area contributed by atoms with Crippen LogP contribution in [0.15, 0.2) is 54.6 Å². The molecule has 2 aromatic carbocycles. The van der Waals surface area contributed by atoms with Crippen molar-refractivity contribution in [2.75, 3.05) is 13.2 Å². The van der Waals surface area contributed by atoms with Crippen LogP contribution in [0.25, 0.3) is 6.08 Å². The number of rotatable bonds is 8. The molecule has 0 saturated heterocycles. The van der Waals surface area contributed by atoms with Crippen LogP contribution in [0.4, 0.5) is 0 Å². The quantitative estimate of drug-likeness (QED) is 0.726. The van der Waals surface area contributed by atoms with Gasteiger partial charge in [-0.1, -0.05) is 36.4 Å². The fourth-order valence-electron chi connectivity index (χ4n) is 2.42. The average molecular weight is 339 g/mol. The summed E-state index contributed by atoms with van der Waals surface area (Å²) in [6.07, 6.45) is 3.34. The molecule has 0 aliphatic rings. The Balaban J connectivity index is 2.04. The van der Waals surface area contributed by atoms with Gasteiger partial charge in [0, 0.05) is 6.08 Å². The predicted octanol–water partition coefficient (Wildman–Crippen LogP) is 4.37. The van der Waals surface area contributed by atoms with Gasteiger partial charge in [-0.15, -0.1) is 0 Å². The summed E-state index contributed by atoms with van der Waals surface area (Å²) in [5.74, 6) is 1.28. The first kappa shape index (κ1) is 18.6. The molecule has 4 heteroatoms. The Morgan fingerprint density at radius 2 is 1.72 bits per heavy atom. The minimum atomic E-state index is -0.136. The molecule has 0 aliphatic heterocycles. The van der Waals surface area contributed by atoms with E-state index in [0.717, 1.165) is 16.9 Å². The number of nitrogens with one attached hydrogen (secondary N) is 1. The molecule has 132 valence electrons. The van der Waals surface area contributed by atoms with Crippen molar-refractivity contribution in [3.8, 4) is 11.5 Å². The van der Waals surface area contributed by atoms with Gasteiger partial charge in [-0.3, -0.25) is 4.79 Å². The zero-order valence-electron chi connectivity index (χ0n) is 15.0. The maximum atomic E-state index is 12.1. The van der Waals surface area contributed by atoms with Crippen molar-refractivity contribution in [1.29, 1.82) is 0 Å².